The molecule has 1 fully saturated rings. The molecular weight excluding hydrogens is 714 g/mol. The molecule has 1 rings (SSSR count). The van der Waals surface area contributed by atoms with Gasteiger partial charge < -0.3 is 50.5 Å². The summed E-state index contributed by atoms with van der Waals surface area (Å²) in [6, 6.07) is -1.18. The van der Waals surface area contributed by atoms with Crippen LogP contribution in [0.15, 0.2) is 12.2 Å². The van der Waals surface area contributed by atoms with Crippen LogP contribution in [0.1, 0.15) is 200 Å². The predicted octanol–water partition coefficient (Wildman–Crippen LogP) is 7.28. The van der Waals surface area contributed by atoms with Gasteiger partial charge in [0.2, 0.25) is 5.91 Å². The Labute approximate surface area is 341 Å². The van der Waals surface area contributed by atoms with E-state index in [-0.39, 0.29) is 12.8 Å². The van der Waals surface area contributed by atoms with Gasteiger partial charge >= 0.3 is 0 Å². The lowest BCUT2D eigenvalue weighted by atomic mass is 9.98. The summed E-state index contributed by atoms with van der Waals surface area (Å²) in [5, 5.41) is 75.1. The summed E-state index contributed by atoms with van der Waals surface area (Å²) in [7, 11) is 0. The average Bonchev–Trinajstić information content (AvgIpc) is 3.20. The highest BCUT2D eigenvalue weighted by Crippen LogP contribution is 2.23. The maximum atomic E-state index is 13.0. The fraction of sp³-hybridized carbons (Fsp3) is 0.933. The summed E-state index contributed by atoms with van der Waals surface area (Å²) in [4.78, 5) is 13.0. The molecular formula is C45H87NO10. The van der Waals surface area contributed by atoms with Gasteiger partial charge in [-0.15, -0.1) is 0 Å². The molecule has 9 unspecified atom stereocenters. The SMILES string of the molecule is CCC/C=C/CCCC(O)C(O)C(COC1OC(CO)C(O)C(O)C1O)NC(=O)C(O)CCCCCCCCCCCCCCCCCCCCCCCCC. The Kier molecular flexibility index (Phi) is 33.8. The van der Waals surface area contributed by atoms with E-state index in [1.807, 2.05) is 6.08 Å². The van der Waals surface area contributed by atoms with E-state index < -0.39 is 74.2 Å². The van der Waals surface area contributed by atoms with Crippen molar-refractivity contribution < 1.29 is 50.0 Å². The summed E-state index contributed by atoms with van der Waals surface area (Å²) in [5.41, 5.74) is 0. The second-order valence-electron chi connectivity index (χ2n) is 16.5. The fourth-order valence-electron chi connectivity index (χ4n) is 7.45. The number of allylic oxidation sites excluding steroid dienone is 2. The molecule has 0 spiro atoms. The van der Waals surface area contributed by atoms with E-state index in [9.17, 15) is 40.5 Å². The van der Waals surface area contributed by atoms with Crippen molar-refractivity contribution in [2.45, 2.75) is 255 Å². The minimum absolute atomic E-state index is 0.256. The average molecular weight is 802 g/mol. The number of rotatable bonds is 38. The molecule has 0 bridgehead atoms. The van der Waals surface area contributed by atoms with E-state index in [0.717, 1.165) is 38.5 Å². The smallest absolute Gasteiger partial charge is 0.249 e. The second-order valence-corrected chi connectivity index (χ2v) is 16.5. The molecule has 0 radical (unpaired) electrons. The number of carbonyl (C=O) groups excluding carboxylic acids is 1. The molecule has 1 aliphatic rings. The largest absolute Gasteiger partial charge is 0.394 e. The summed E-state index contributed by atoms with van der Waals surface area (Å²) < 4.78 is 11.0. The standard InChI is InChI=1S/C45H87NO10/c1-3-5-7-9-11-12-13-14-15-16-17-18-19-20-21-22-23-24-25-26-27-29-31-33-38(49)44(54)46-36(40(50)37(48)32-30-28-10-8-6-4-2)35-55-45-43(53)42(52)41(51)39(34-47)56-45/h8,10,36-43,45,47-53H,3-7,9,11-35H2,1-2H3,(H,46,54)/b10-8+. The molecule has 11 heteroatoms. The molecule has 1 heterocycles. The van der Waals surface area contributed by atoms with Crippen molar-refractivity contribution in [3.63, 3.8) is 0 Å². The number of ether oxygens (including phenoxy) is 2. The van der Waals surface area contributed by atoms with Crippen molar-refractivity contribution in [2.24, 2.45) is 0 Å². The summed E-state index contributed by atoms with van der Waals surface area (Å²) >= 11 is 0. The zero-order valence-corrected chi connectivity index (χ0v) is 35.6. The van der Waals surface area contributed by atoms with Crippen molar-refractivity contribution in [1.82, 2.24) is 5.32 Å². The lowest BCUT2D eigenvalue weighted by Gasteiger charge is -2.40. The molecule has 8 N–H and O–H groups in total. The number of carbonyl (C=O) groups is 1. The number of unbranched alkanes of at least 4 members (excludes halogenated alkanes) is 24. The van der Waals surface area contributed by atoms with Crippen LogP contribution in [0.25, 0.3) is 0 Å². The first-order valence-corrected chi connectivity index (χ1v) is 23.1. The van der Waals surface area contributed by atoms with Gasteiger partial charge in [-0.05, 0) is 32.1 Å². The maximum absolute atomic E-state index is 13.0. The van der Waals surface area contributed by atoms with Crippen molar-refractivity contribution in [3.05, 3.63) is 12.2 Å². The normalized spacial score (nSPS) is 22.3. The third kappa shape index (κ3) is 25.4. The van der Waals surface area contributed by atoms with Crippen LogP contribution in [-0.2, 0) is 14.3 Å². The van der Waals surface area contributed by atoms with E-state index in [1.54, 1.807) is 0 Å². The Balaban J connectivity index is 2.27. The van der Waals surface area contributed by atoms with Crippen LogP contribution in [0.3, 0.4) is 0 Å². The Bertz CT molecular complexity index is 923. The number of aliphatic hydroxyl groups is 7. The monoisotopic (exact) mass is 802 g/mol. The van der Waals surface area contributed by atoms with Gasteiger partial charge in [0.1, 0.15) is 36.6 Å². The third-order valence-corrected chi connectivity index (χ3v) is 11.3. The van der Waals surface area contributed by atoms with E-state index in [4.69, 9.17) is 9.47 Å². The van der Waals surface area contributed by atoms with Crippen LogP contribution in [-0.4, -0.2) is 110 Å². The zero-order valence-electron chi connectivity index (χ0n) is 35.6. The molecule has 332 valence electrons. The van der Waals surface area contributed by atoms with Gasteiger partial charge in [-0.25, -0.2) is 0 Å². The Morgan fingerprint density at radius 1 is 0.607 bits per heavy atom. The van der Waals surface area contributed by atoms with Gasteiger partial charge in [0.25, 0.3) is 0 Å². The number of hydrogen-bond donors (Lipinski definition) is 8. The molecule has 0 aromatic rings. The Morgan fingerprint density at radius 3 is 1.54 bits per heavy atom. The molecule has 0 aromatic heterocycles. The Hall–Kier alpha value is -1.15. The highest BCUT2D eigenvalue weighted by Gasteiger charge is 2.44. The van der Waals surface area contributed by atoms with Gasteiger partial charge in [0.05, 0.1) is 25.4 Å². The third-order valence-electron chi connectivity index (χ3n) is 11.3. The topological polar surface area (TPSA) is 189 Å². The van der Waals surface area contributed by atoms with Gasteiger partial charge in [-0.2, -0.15) is 0 Å². The predicted molar refractivity (Wildman–Crippen MR) is 224 cm³/mol. The molecule has 0 saturated carbocycles. The maximum Gasteiger partial charge on any atom is 0.249 e. The molecule has 11 nitrogen and oxygen atoms in total. The number of aliphatic hydroxyl groups excluding tert-OH is 7. The lowest BCUT2D eigenvalue weighted by Crippen LogP contribution is -2.60. The molecule has 0 aromatic carbocycles. The molecule has 9 atom stereocenters. The molecule has 56 heavy (non-hydrogen) atoms. The van der Waals surface area contributed by atoms with Crippen molar-refractivity contribution in [3.8, 4) is 0 Å². The zero-order chi connectivity index (χ0) is 41.2. The van der Waals surface area contributed by atoms with Gasteiger partial charge in [-0.1, -0.05) is 180 Å². The van der Waals surface area contributed by atoms with E-state index in [2.05, 4.69) is 25.2 Å². The molecule has 1 aliphatic heterocycles. The van der Waals surface area contributed by atoms with E-state index in [0.29, 0.717) is 12.8 Å². The summed E-state index contributed by atoms with van der Waals surface area (Å²) in [6.07, 6.45) is 26.2. The summed E-state index contributed by atoms with van der Waals surface area (Å²) in [6.45, 7) is 3.30. The van der Waals surface area contributed by atoms with Crippen LogP contribution in [0.4, 0.5) is 0 Å². The lowest BCUT2D eigenvalue weighted by molar-refractivity contribution is -0.303. The van der Waals surface area contributed by atoms with E-state index >= 15 is 0 Å². The Morgan fingerprint density at radius 2 is 1.07 bits per heavy atom. The molecule has 1 amide bonds. The van der Waals surface area contributed by atoms with Crippen molar-refractivity contribution in [1.29, 1.82) is 0 Å². The highest BCUT2D eigenvalue weighted by molar-refractivity contribution is 5.80. The quantitative estimate of drug-likeness (QED) is 0.0233. The first kappa shape index (κ1) is 52.9. The number of amides is 1. The minimum Gasteiger partial charge on any atom is -0.394 e. The number of nitrogens with one attached hydrogen (secondary N) is 1. The first-order valence-electron chi connectivity index (χ1n) is 23.1. The van der Waals surface area contributed by atoms with Crippen molar-refractivity contribution in [2.75, 3.05) is 13.2 Å². The van der Waals surface area contributed by atoms with Crippen molar-refractivity contribution >= 4 is 5.91 Å². The van der Waals surface area contributed by atoms with Gasteiger partial charge in [-0.3, -0.25) is 4.79 Å². The summed E-state index contributed by atoms with van der Waals surface area (Å²) in [5.74, 6) is -0.708. The van der Waals surface area contributed by atoms with Crippen LogP contribution >= 0.6 is 0 Å². The van der Waals surface area contributed by atoms with Crippen LogP contribution in [0, 0.1) is 0 Å². The highest BCUT2D eigenvalue weighted by atomic mass is 16.7. The van der Waals surface area contributed by atoms with Gasteiger partial charge in [0, 0.05) is 0 Å². The number of hydrogen-bond acceptors (Lipinski definition) is 10. The van der Waals surface area contributed by atoms with E-state index in [1.165, 1.54) is 122 Å². The van der Waals surface area contributed by atoms with Gasteiger partial charge in [0.15, 0.2) is 6.29 Å². The van der Waals surface area contributed by atoms with Crippen LogP contribution < -0.4 is 5.32 Å². The second kappa shape index (κ2) is 35.8. The van der Waals surface area contributed by atoms with Crippen LogP contribution in [0.5, 0.6) is 0 Å². The molecule has 0 aliphatic carbocycles. The fourth-order valence-corrected chi connectivity index (χ4v) is 7.45. The minimum atomic E-state index is -1.66. The first-order chi connectivity index (χ1) is 27.2. The van der Waals surface area contributed by atoms with Crippen LogP contribution in [0.2, 0.25) is 0 Å². The molecule has 1 saturated heterocycles.